The number of rotatable bonds is 6. The van der Waals surface area contributed by atoms with Gasteiger partial charge in [0.05, 0.1) is 18.1 Å². The number of nitro benzene ring substituents is 1. The maximum absolute atomic E-state index is 13.1. The van der Waals surface area contributed by atoms with Crippen LogP contribution in [0.15, 0.2) is 36.4 Å². The second-order valence-electron chi connectivity index (χ2n) is 4.43. The zero-order valence-corrected chi connectivity index (χ0v) is 11.9. The van der Waals surface area contributed by atoms with E-state index in [1.54, 1.807) is 0 Å². The molecule has 0 aliphatic rings. The van der Waals surface area contributed by atoms with E-state index in [0.29, 0.717) is 0 Å². The summed E-state index contributed by atoms with van der Waals surface area (Å²) in [5.74, 6) is -2.63. The predicted molar refractivity (Wildman–Crippen MR) is 75.8 cm³/mol. The molecule has 2 aromatic rings. The van der Waals surface area contributed by atoms with Crippen LogP contribution >= 0.6 is 0 Å². The summed E-state index contributed by atoms with van der Waals surface area (Å²) in [7, 11) is 1.34. The Morgan fingerprint density at radius 1 is 1.13 bits per heavy atom. The summed E-state index contributed by atoms with van der Waals surface area (Å²) < 4.78 is 36.1. The molecule has 0 aliphatic carbocycles. The number of benzene rings is 2. The summed E-state index contributed by atoms with van der Waals surface area (Å²) in [5.41, 5.74) is -0.311. The Morgan fingerprint density at radius 3 is 2.48 bits per heavy atom. The number of non-ortho nitro benzene ring substituents is 1. The van der Waals surface area contributed by atoms with Gasteiger partial charge in [-0.25, -0.2) is 8.78 Å². The minimum atomic E-state index is -1.15. The quantitative estimate of drug-likeness (QED) is 0.463. The first kappa shape index (κ1) is 16.3. The highest BCUT2D eigenvalue weighted by Gasteiger charge is 2.15. The highest BCUT2D eigenvalue weighted by Crippen LogP contribution is 2.31. The summed E-state index contributed by atoms with van der Waals surface area (Å²) in [6.45, 7) is -0.511. The molecule has 6 nitrogen and oxygen atoms in total. The summed E-state index contributed by atoms with van der Waals surface area (Å²) in [5, 5.41) is 10.7. The van der Waals surface area contributed by atoms with Crippen LogP contribution in [0.4, 0.5) is 14.5 Å². The topological polar surface area (TPSA) is 78.7 Å². The summed E-state index contributed by atoms with van der Waals surface area (Å²) in [6.07, 6.45) is 0. The van der Waals surface area contributed by atoms with Crippen LogP contribution < -0.4 is 9.47 Å². The summed E-state index contributed by atoms with van der Waals surface area (Å²) in [6, 6.07) is 6.37. The Bertz CT molecular complexity index is 764. The molecule has 0 heterocycles. The van der Waals surface area contributed by atoms with Crippen LogP contribution in [0, 0.1) is 21.7 Å². The molecule has 0 saturated carbocycles. The number of carbonyl (C=O) groups is 1. The zero-order valence-electron chi connectivity index (χ0n) is 11.9. The number of ketones is 1. The van der Waals surface area contributed by atoms with E-state index in [-0.39, 0.29) is 22.7 Å². The number of halogens is 2. The maximum atomic E-state index is 13.1. The first-order chi connectivity index (χ1) is 10.9. The van der Waals surface area contributed by atoms with Crippen molar-refractivity contribution in [2.24, 2.45) is 0 Å². The summed E-state index contributed by atoms with van der Waals surface area (Å²) in [4.78, 5) is 22.0. The SMILES string of the molecule is COc1ccc([N+](=O)[O-])cc1OCC(=O)c1ccc(F)c(F)c1. The lowest BCUT2D eigenvalue weighted by molar-refractivity contribution is -0.385. The minimum absolute atomic E-state index is 0.00219. The molecular weight excluding hydrogens is 312 g/mol. The van der Waals surface area contributed by atoms with E-state index in [1.165, 1.54) is 19.2 Å². The number of hydrogen-bond donors (Lipinski definition) is 0. The Labute approximate surface area is 129 Å². The van der Waals surface area contributed by atoms with Crippen molar-refractivity contribution < 1.29 is 28.0 Å². The van der Waals surface area contributed by atoms with E-state index in [9.17, 15) is 23.7 Å². The van der Waals surface area contributed by atoms with E-state index in [1.807, 2.05) is 0 Å². The first-order valence-electron chi connectivity index (χ1n) is 6.36. The number of hydrogen-bond acceptors (Lipinski definition) is 5. The third-order valence-corrected chi connectivity index (χ3v) is 2.96. The van der Waals surface area contributed by atoms with Gasteiger partial charge in [-0.05, 0) is 24.3 Å². The predicted octanol–water partition coefficient (Wildman–Crippen LogP) is 3.14. The number of Topliss-reactive ketones (excluding diaryl/α,β-unsaturated/α-hetero) is 1. The molecule has 0 unspecified atom stereocenters. The average molecular weight is 323 g/mol. The fraction of sp³-hybridized carbons (Fsp3) is 0.133. The third kappa shape index (κ3) is 3.79. The lowest BCUT2D eigenvalue weighted by atomic mass is 10.1. The molecule has 120 valence electrons. The van der Waals surface area contributed by atoms with Gasteiger partial charge in [-0.15, -0.1) is 0 Å². The number of carbonyl (C=O) groups excluding carboxylic acids is 1. The molecule has 0 aromatic heterocycles. The van der Waals surface area contributed by atoms with Crippen LogP contribution in [0.25, 0.3) is 0 Å². The van der Waals surface area contributed by atoms with Crippen molar-refractivity contribution in [3.05, 3.63) is 63.7 Å². The molecule has 0 aliphatic heterocycles. The van der Waals surface area contributed by atoms with Gasteiger partial charge in [0.15, 0.2) is 35.5 Å². The van der Waals surface area contributed by atoms with Gasteiger partial charge in [0.1, 0.15) is 0 Å². The van der Waals surface area contributed by atoms with Crippen LogP contribution in [0.2, 0.25) is 0 Å². The van der Waals surface area contributed by atoms with Crippen molar-refractivity contribution in [2.45, 2.75) is 0 Å². The molecule has 0 bridgehead atoms. The Balaban J connectivity index is 2.16. The van der Waals surface area contributed by atoms with Gasteiger partial charge in [0, 0.05) is 11.6 Å². The molecule has 2 rings (SSSR count). The highest BCUT2D eigenvalue weighted by molar-refractivity contribution is 5.97. The van der Waals surface area contributed by atoms with Gasteiger partial charge in [0.2, 0.25) is 0 Å². The highest BCUT2D eigenvalue weighted by atomic mass is 19.2. The first-order valence-corrected chi connectivity index (χ1v) is 6.36. The van der Waals surface area contributed by atoms with E-state index in [4.69, 9.17) is 9.47 Å². The zero-order chi connectivity index (χ0) is 17.0. The number of nitro groups is 1. The molecule has 0 atom stereocenters. The lowest BCUT2D eigenvalue weighted by Gasteiger charge is -2.10. The Morgan fingerprint density at radius 2 is 1.87 bits per heavy atom. The van der Waals surface area contributed by atoms with E-state index < -0.39 is 28.9 Å². The van der Waals surface area contributed by atoms with Crippen LogP contribution in [-0.4, -0.2) is 24.4 Å². The van der Waals surface area contributed by atoms with Crippen molar-refractivity contribution in [3.8, 4) is 11.5 Å². The minimum Gasteiger partial charge on any atom is -0.493 e. The van der Waals surface area contributed by atoms with Crippen molar-refractivity contribution in [1.29, 1.82) is 0 Å². The average Bonchev–Trinajstić information content (AvgIpc) is 2.54. The number of methoxy groups -OCH3 is 1. The Hall–Kier alpha value is -3.03. The fourth-order valence-electron chi connectivity index (χ4n) is 1.79. The van der Waals surface area contributed by atoms with Gasteiger partial charge in [0.25, 0.3) is 5.69 Å². The molecule has 2 aromatic carbocycles. The third-order valence-electron chi connectivity index (χ3n) is 2.96. The lowest BCUT2D eigenvalue weighted by Crippen LogP contribution is -2.12. The maximum Gasteiger partial charge on any atom is 0.273 e. The molecule has 0 spiro atoms. The van der Waals surface area contributed by atoms with Gasteiger partial charge in [-0.3, -0.25) is 14.9 Å². The number of ether oxygens (including phenoxy) is 2. The molecular formula is C15H11F2NO5. The second-order valence-corrected chi connectivity index (χ2v) is 4.43. The van der Waals surface area contributed by atoms with Gasteiger partial charge >= 0.3 is 0 Å². The van der Waals surface area contributed by atoms with Crippen LogP contribution in [0.5, 0.6) is 11.5 Å². The monoisotopic (exact) mass is 323 g/mol. The molecule has 0 radical (unpaired) electrons. The summed E-state index contributed by atoms with van der Waals surface area (Å²) >= 11 is 0. The molecule has 0 saturated heterocycles. The molecule has 0 amide bonds. The Kier molecular flexibility index (Phi) is 4.85. The number of nitrogens with zero attached hydrogens (tertiary/aromatic N) is 1. The molecule has 0 fully saturated rings. The van der Waals surface area contributed by atoms with Crippen molar-refractivity contribution >= 4 is 11.5 Å². The van der Waals surface area contributed by atoms with Gasteiger partial charge in [-0.1, -0.05) is 0 Å². The van der Waals surface area contributed by atoms with E-state index in [0.717, 1.165) is 24.3 Å². The van der Waals surface area contributed by atoms with Crippen molar-refractivity contribution in [3.63, 3.8) is 0 Å². The smallest absolute Gasteiger partial charge is 0.273 e. The fourth-order valence-corrected chi connectivity index (χ4v) is 1.79. The molecule has 8 heteroatoms. The van der Waals surface area contributed by atoms with Gasteiger partial charge in [-0.2, -0.15) is 0 Å². The second kappa shape index (κ2) is 6.82. The van der Waals surface area contributed by atoms with Crippen LogP contribution in [-0.2, 0) is 0 Å². The van der Waals surface area contributed by atoms with Gasteiger partial charge < -0.3 is 9.47 Å². The van der Waals surface area contributed by atoms with Crippen molar-refractivity contribution in [1.82, 2.24) is 0 Å². The van der Waals surface area contributed by atoms with Crippen molar-refractivity contribution in [2.75, 3.05) is 13.7 Å². The normalized spacial score (nSPS) is 10.2. The largest absolute Gasteiger partial charge is 0.493 e. The van der Waals surface area contributed by atoms with E-state index >= 15 is 0 Å². The standard InChI is InChI=1S/C15H11F2NO5/c1-22-14-5-3-10(18(20)21)7-15(14)23-8-13(19)9-2-4-11(16)12(17)6-9/h2-7H,8H2,1H3. The van der Waals surface area contributed by atoms with Crippen LogP contribution in [0.3, 0.4) is 0 Å². The van der Waals surface area contributed by atoms with Crippen LogP contribution in [0.1, 0.15) is 10.4 Å². The molecule has 23 heavy (non-hydrogen) atoms. The molecule has 0 N–H and O–H groups in total. The van der Waals surface area contributed by atoms with E-state index in [2.05, 4.69) is 0 Å².